The van der Waals surface area contributed by atoms with Crippen molar-refractivity contribution in [3.8, 4) is 5.88 Å². The van der Waals surface area contributed by atoms with Gasteiger partial charge < -0.3 is 14.6 Å². The highest BCUT2D eigenvalue weighted by Crippen LogP contribution is 2.31. The molecule has 1 aromatic heterocycles. The summed E-state index contributed by atoms with van der Waals surface area (Å²) < 4.78 is 10.2. The van der Waals surface area contributed by atoms with Crippen molar-refractivity contribution in [2.24, 2.45) is 0 Å². The fourth-order valence-electron chi connectivity index (χ4n) is 1.72. The van der Waals surface area contributed by atoms with Crippen LogP contribution in [-0.2, 0) is 5.54 Å². The van der Waals surface area contributed by atoms with Gasteiger partial charge in [0.2, 0.25) is 0 Å². The second-order valence-electron chi connectivity index (χ2n) is 3.60. The van der Waals surface area contributed by atoms with Crippen LogP contribution in [0.4, 0.5) is 0 Å². The Morgan fingerprint density at radius 2 is 2.54 bits per heavy atom. The average molecular weight is 182 g/mol. The molecule has 1 aliphatic rings. The van der Waals surface area contributed by atoms with Crippen molar-refractivity contribution in [3.05, 3.63) is 11.8 Å². The number of ether oxygens (including phenoxy) is 1. The lowest BCUT2D eigenvalue weighted by atomic mass is 9.97. The summed E-state index contributed by atoms with van der Waals surface area (Å²) in [5, 5.41) is 7.18. The number of hydrogen-bond donors (Lipinski definition) is 1. The van der Waals surface area contributed by atoms with Crippen LogP contribution in [0.5, 0.6) is 5.88 Å². The van der Waals surface area contributed by atoms with Crippen molar-refractivity contribution < 1.29 is 9.26 Å². The summed E-state index contributed by atoms with van der Waals surface area (Å²) >= 11 is 0. The highest BCUT2D eigenvalue weighted by Gasteiger charge is 2.34. The summed E-state index contributed by atoms with van der Waals surface area (Å²) in [4.78, 5) is 0. The molecule has 1 fully saturated rings. The molecule has 0 spiro atoms. The Morgan fingerprint density at radius 1 is 1.69 bits per heavy atom. The zero-order valence-electron chi connectivity index (χ0n) is 7.96. The van der Waals surface area contributed by atoms with Crippen molar-refractivity contribution in [1.29, 1.82) is 0 Å². The zero-order chi connectivity index (χ0) is 9.31. The average Bonchev–Trinajstić information content (AvgIpc) is 2.72. The number of hydrogen-bond acceptors (Lipinski definition) is 4. The van der Waals surface area contributed by atoms with Gasteiger partial charge in [0.1, 0.15) is 0 Å². The molecule has 0 bridgehead atoms. The Labute approximate surface area is 77.2 Å². The van der Waals surface area contributed by atoms with Crippen LogP contribution in [0.15, 0.2) is 10.6 Å². The molecule has 4 nitrogen and oxygen atoms in total. The van der Waals surface area contributed by atoms with Gasteiger partial charge >= 0.3 is 0 Å². The SMILES string of the molecule is COc1cc(C2(C)CCCN2)on1. The van der Waals surface area contributed by atoms with Crippen molar-refractivity contribution in [2.45, 2.75) is 25.3 Å². The number of rotatable bonds is 2. The van der Waals surface area contributed by atoms with Gasteiger partial charge in [-0.05, 0) is 31.5 Å². The van der Waals surface area contributed by atoms with Crippen LogP contribution >= 0.6 is 0 Å². The first-order valence-electron chi connectivity index (χ1n) is 4.51. The van der Waals surface area contributed by atoms with Gasteiger partial charge in [-0.15, -0.1) is 0 Å². The molecule has 72 valence electrons. The van der Waals surface area contributed by atoms with Crippen LogP contribution in [0.1, 0.15) is 25.5 Å². The van der Waals surface area contributed by atoms with E-state index in [1.807, 2.05) is 6.07 Å². The normalized spacial score (nSPS) is 27.8. The third-order valence-corrected chi connectivity index (χ3v) is 2.61. The molecule has 1 aliphatic heterocycles. The molecule has 1 aromatic rings. The Kier molecular flexibility index (Phi) is 2.00. The molecule has 0 aromatic carbocycles. The summed E-state index contributed by atoms with van der Waals surface area (Å²) in [5.74, 6) is 1.41. The lowest BCUT2D eigenvalue weighted by molar-refractivity contribution is 0.271. The fraction of sp³-hybridized carbons (Fsp3) is 0.667. The summed E-state index contributed by atoms with van der Waals surface area (Å²) in [5.41, 5.74) is -0.0518. The fourth-order valence-corrected chi connectivity index (χ4v) is 1.72. The maximum atomic E-state index is 5.20. The predicted molar refractivity (Wildman–Crippen MR) is 47.6 cm³/mol. The molecular weight excluding hydrogens is 168 g/mol. The summed E-state index contributed by atoms with van der Waals surface area (Å²) in [7, 11) is 1.59. The second kappa shape index (κ2) is 3.03. The molecule has 0 aliphatic carbocycles. The van der Waals surface area contributed by atoms with E-state index < -0.39 is 0 Å². The van der Waals surface area contributed by atoms with E-state index >= 15 is 0 Å². The first kappa shape index (κ1) is 8.56. The van der Waals surface area contributed by atoms with Gasteiger partial charge in [0.05, 0.1) is 12.6 Å². The minimum absolute atomic E-state index is 0.0518. The first-order chi connectivity index (χ1) is 6.24. The molecule has 13 heavy (non-hydrogen) atoms. The molecule has 1 unspecified atom stereocenters. The number of nitrogens with zero attached hydrogens (tertiary/aromatic N) is 1. The third-order valence-electron chi connectivity index (χ3n) is 2.61. The Bertz CT molecular complexity index is 290. The van der Waals surface area contributed by atoms with Gasteiger partial charge in [0.15, 0.2) is 5.76 Å². The maximum absolute atomic E-state index is 5.20. The molecular formula is C9H14N2O2. The van der Waals surface area contributed by atoms with E-state index in [2.05, 4.69) is 17.4 Å². The van der Waals surface area contributed by atoms with E-state index in [0.717, 1.165) is 18.7 Å². The zero-order valence-corrected chi connectivity index (χ0v) is 7.96. The number of methoxy groups -OCH3 is 1. The molecule has 4 heteroatoms. The van der Waals surface area contributed by atoms with Crippen LogP contribution in [0, 0.1) is 0 Å². The van der Waals surface area contributed by atoms with Crippen LogP contribution in [0.3, 0.4) is 0 Å². The van der Waals surface area contributed by atoms with Gasteiger partial charge in [-0.3, -0.25) is 0 Å². The van der Waals surface area contributed by atoms with Crippen molar-refractivity contribution in [1.82, 2.24) is 10.5 Å². The highest BCUT2D eigenvalue weighted by molar-refractivity contribution is 5.19. The molecule has 0 radical (unpaired) electrons. The quantitative estimate of drug-likeness (QED) is 0.748. The monoisotopic (exact) mass is 182 g/mol. The van der Waals surface area contributed by atoms with Gasteiger partial charge in [0.25, 0.3) is 5.88 Å². The van der Waals surface area contributed by atoms with Gasteiger partial charge in [-0.2, -0.15) is 0 Å². The molecule has 0 amide bonds. The van der Waals surface area contributed by atoms with E-state index in [1.54, 1.807) is 7.11 Å². The van der Waals surface area contributed by atoms with Crippen molar-refractivity contribution in [2.75, 3.05) is 13.7 Å². The second-order valence-corrected chi connectivity index (χ2v) is 3.60. The smallest absolute Gasteiger partial charge is 0.254 e. The minimum atomic E-state index is -0.0518. The van der Waals surface area contributed by atoms with Crippen molar-refractivity contribution >= 4 is 0 Å². The van der Waals surface area contributed by atoms with Gasteiger partial charge in [0, 0.05) is 6.07 Å². The van der Waals surface area contributed by atoms with Crippen LogP contribution in [-0.4, -0.2) is 18.8 Å². The van der Waals surface area contributed by atoms with Crippen molar-refractivity contribution in [3.63, 3.8) is 0 Å². The number of nitrogens with one attached hydrogen (secondary N) is 1. The summed E-state index contributed by atoms with van der Waals surface area (Å²) in [6.45, 7) is 3.17. The largest absolute Gasteiger partial charge is 0.479 e. The molecule has 1 atom stereocenters. The first-order valence-corrected chi connectivity index (χ1v) is 4.51. The van der Waals surface area contributed by atoms with E-state index in [9.17, 15) is 0 Å². The molecule has 1 N–H and O–H groups in total. The molecule has 2 rings (SSSR count). The number of aromatic nitrogens is 1. The van der Waals surface area contributed by atoms with Gasteiger partial charge in [-0.25, -0.2) is 0 Å². The van der Waals surface area contributed by atoms with E-state index in [0.29, 0.717) is 5.88 Å². The van der Waals surface area contributed by atoms with Crippen LogP contribution < -0.4 is 10.1 Å². The minimum Gasteiger partial charge on any atom is -0.479 e. The Morgan fingerprint density at radius 3 is 3.08 bits per heavy atom. The van der Waals surface area contributed by atoms with Gasteiger partial charge in [-0.1, -0.05) is 0 Å². The summed E-state index contributed by atoms with van der Waals surface area (Å²) in [6.07, 6.45) is 2.27. The lowest BCUT2D eigenvalue weighted by Crippen LogP contribution is -2.32. The predicted octanol–water partition coefficient (Wildman–Crippen LogP) is 1.28. The van der Waals surface area contributed by atoms with E-state index in [-0.39, 0.29) is 5.54 Å². The maximum Gasteiger partial charge on any atom is 0.254 e. The highest BCUT2D eigenvalue weighted by atomic mass is 16.5. The lowest BCUT2D eigenvalue weighted by Gasteiger charge is -2.19. The molecule has 0 saturated carbocycles. The van der Waals surface area contributed by atoms with E-state index in [4.69, 9.17) is 9.26 Å². The van der Waals surface area contributed by atoms with E-state index in [1.165, 1.54) is 6.42 Å². The topological polar surface area (TPSA) is 47.3 Å². The van der Waals surface area contributed by atoms with Crippen LogP contribution in [0.2, 0.25) is 0 Å². The molecule has 1 saturated heterocycles. The summed E-state index contributed by atoms with van der Waals surface area (Å²) in [6, 6.07) is 1.85. The Balaban J connectivity index is 2.23. The van der Waals surface area contributed by atoms with Crippen LogP contribution in [0.25, 0.3) is 0 Å². The molecule has 2 heterocycles. The third kappa shape index (κ3) is 1.42. The Hall–Kier alpha value is -1.03. The standard InChI is InChI=1S/C9H14N2O2/c1-9(4-3-5-10-9)7-6-8(12-2)11-13-7/h6,10H,3-5H2,1-2H3.